The Morgan fingerprint density at radius 1 is 0.621 bits per heavy atom. The van der Waals surface area contributed by atoms with Gasteiger partial charge in [0.2, 0.25) is 0 Å². The summed E-state index contributed by atoms with van der Waals surface area (Å²) in [6.07, 6.45) is 7.36. The predicted octanol–water partition coefficient (Wildman–Crippen LogP) is 5.93. The van der Waals surface area contributed by atoms with Gasteiger partial charge in [0.25, 0.3) is 0 Å². The number of rotatable bonds is 10. The van der Waals surface area contributed by atoms with Gasteiger partial charge in [-0.1, -0.05) is 12.1 Å². The molecule has 0 aliphatic carbocycles. The molecule has 2 aromatic carbocycles. The molecule has 1 aromatic heterocycles. The lowest BCUT2D eigenvalue weighted by Gasteiger charge is -2.09. The van der Waals surface area contributed by atoms with E-state index in [0.29, 0.717) is 0 Å². The predicted molar refractivity (Wildman–Crippen MR) is 133 cm³/mol. The smallest absolute Gasteiger partial charge is 0.0465 e. The molecule has 0 atom stereocenters. The molecule has 1 heterocycles. The van der Waals surface area contributed by atoms with E-state index in [9.17, 15) is 0 Å². The molecule has 3 rings (SSSR count). The number of hydrogen-bond donors (Lipinski definition) is 1. The quantitative estimate of drug-likeness (QED) is 0.396. The fourth-order valence-corrected chi connectivity index (χ4v) is 3.82. The lowest BCUT2D eigenvalue weighted by molar-refractivity contribution is 0.394. The topological polar surface area (TPSA) is 22.3 Å². The minimum absolute atomic E-state index is 0. The zero-order valence-electron chi connectivity index (χ0n) is 18.3. The van der Waals surface area contributed by atoms with E-state index in [1.54, 1.807) is 0 Å². The van der Waals surface area contributed by atoms with Gasteiger partial charge in [-0.2, -0.15) is 0 Å². The van der Waals surface area contributed by atoms with Gasteiger partial charge >= 0.3 is 0 Å². The standard InChI is InChI=1S/C24H35N3.2ClH/c1-26(2)15-7-5-9-19-11-13-23-21(17-19)22-18-20(12-14-24(22)25-23)10-6-8-16-27(3)4;;/h11-14,17-18,25H,5-10,15-16H2,1-4H3;2*1H. The highest BCUT2D eigenvalue weighted by Gasteiger charge is 2.07. The Balaban J connectivity index is 0.00000210. The molecule has 162 valence electrons. The van der Waals surface area contributed by atoms with Crippen molar-refractivity contribution in [3.05, 3.63) is 47.5 Å². The Labute approximate surface area is 188 Å². The van der Waals surface area contributed by atoms with Crippen LogP contribution in [0, 0.1) is 0 Å². The number of aromatic amines is 1. The number of nitrogens with one attached hydrogen (secondary N) is 1. The third-order valence-corrected chi connectivity index (χ3v) is 5.37. The first-order valence-electron chi connectivity index (χ1n) is 10.4. The molecule has 0 bridgehead atoms. The maximum absolute atomic E-state index is 3.58. The van der Waals surface area contributed by atoms with E-state index in [1.807, 2.05) is 0 Å². The molecule has 0 fully saturated rings. The third-order valence-electron chi connectivity index (χ3n) is 5.37. The van der Waals surface area contributed by atoms with Gasteiger partial charge in [-0.15, -0.1) is 24.8 Å². The lowest BCUT2D eigenvalue weighted by Crippen LogP contribution is -2.12. The van der Waals surface area contributed by atoms with Gasteiger partial charge in [-0.3, -0.25) is 0 Å². The highest BCUT2D eigenvalue weighted by Crippen LogP contribution is 2.28. The lowest BCUT2D eigenvalue weighted by atomic mass is 10.0. The monoisotopic (exact) mass is 437 g/mol. The van der Waals surface area contributed by atoms with Crippen LogP contribution >= 0.6 is 24.8 Å². The Hall–Kier alpha value is -1.26. The van der Waals surface area contributed by atoms with E-state index in [-0.39, 0.29) is 24.8 Å². The van der Waals surface area contributed by atoms with Crippen molar-refractivity contribution in [1.29, 1.82) is 0 Å². The molecule has 0 unspecified atom stereocenters. The van der Waals surface area contributed by atoms with Crippen molar-refractivity contribution in [1.82, 2.24) is 14.8 Å². The van der Waals surface area contributed by atoms with E-state index in [1.165, 1.54) is 84.5 Å². The first kappa shape index (κ1) is 25.8. The zero-order chi connectivity index (χ0) is 19.2. The van der Waals surface area contributed by atoms with Crippen LogP contribution in [-0.2, 0) is 12.8 Å². The molecule has 0 aliphatic heterocycles. The minimum Gasteiger partial charge on any atom is -0.355 e. The van der Waals surface area contributed by atoms with Gasteiger partial charge in [0.15, 0.2) is 0 Å². The maximum Gasteiger partial charge on any atom is 0.0465 e. The van der Waals surface area contributed by atoms with Crippen molar-refractivity contribution < 1.29 is 0 Å². The Morgan fingerprint density at radius 2 is 1.03 bits per heavy atom. The van der Waals surface area contributed by atoms with Gasteiger partial charge in [-0.05, 0) is 115 Å². The largest absolute Gasteiger partial charge is 0.355 e. The summed E-state index contributed by atoms with van der Waals surface area (Å²) in [5.41, 5.74) is 5.43. The van der Waals surface area contributed by atoms with Gasteiger partial charge < -0.3 is 14.8 Å². The van der Waals surface area contributed by atoms with Crippen molar-refractivity contribution in [3.8, 4) is 0 Å². The molecule has 3 aromatic rings. The summed E-state index contributed by atoms with van der Waals surface area (Å²) < 4.78 is 0. The summed E-state index contributed by atoms with van der Waals surface area (Å²) in [4.78, 5) is 8.12. The number of fused-ring (bicyclic) bond motifs is 3. The Bertz CT molecular complexity index is 801. The summed E-state index contributed by atoms with van der Waals surface area (Å²) in [6.45, 7) is 2.35. The number of H-pyrrole nitrogens is 1. The second-order valence-corrected chi connectivity index (χ2v) is 8.41. The van der Waals surface area contributed by atoms with Crippen molar-refractivity contribution in [2.75, 3.05) is 41.3 Å². The van der Waals surface area contributed by atoms with Crippen molar-refractivity contribution >= 4 is 46.6 Å². The molecular weight excluding hydrogens is 401 g/mol. The van der Waals surface area contributed by atoms with E-state index < -0.39 is 0 Å². The van der Waals surface area contributed by atoms with Gasteiger partial charge in [-0.25, -0.2) is 0 Å². The molecule has 0 radical (unpaired) electrons. The van der Waals surface area contributed by atoms with E-state index >= 15 is 0 Å². The molecule has 1 N–H and O–H groups in total. The number of hydrogen-bond acceptors (Lipinski definition) is 2. The van der Waals surface area contributed by atoms with Crippen LogP contribution in [0.5, 0.6) is 0 Å². The Kier molecular flexibility index (Phi) is 11.1. The third kappa shape index (κ3) is 7.49. The van der Waals surface area contributed by atoms with Gasteiger partial charge in [0.1, 0.15) is 0 Å². The molecular formula is C24H37Cl2N3. The number of benzene rings is 2. The highest BCUT2D eigenvalue weighted by atomic mass is 35.5. The van der Waals surface area contributed by atoms with Crippen LogP contribution in [0.15, 0.2) is 36.4 Å². The van der Waals surface area contributed by atoms with Gasteiger partial charge in [0.05, 0.1) is 0 Å². The van der Waals surface area contributed by atoms with E-state index in [2.05, 4.69) is 79.4 Å². The molecule has 0 spiro atoms. The highest BCUT2D eigenvalue weighted by molar-refractivity contribution is 6.07. The average molecular weight is 438 g/mol. The van der Waals surface area contributed by atoms with Crippen LogP contribution in [0.3, 0.4) is 0 Å². The van der Waals surface area contributed by atoms with Crippen LogP contribution in [0.25, 0.3) is 21.8 Å². The molecule has 0 amide bonds. The molecule has 0 saturated heterocycles. The zero-order valence-corrected chi connectivity index (χ0v) is 20.0. The first-order valence-corrected chi connectivity index (χ1v) is 10.4. The van der Waals surface area contributed by atoms with Crippen LogP contribution < -0.4 is 0 Å². The summed E-state index contributed by atoms with van der Waals surface area (Å²) in [7, 11) is 8.60. The van der Waals surface area contributed by atoms with Crippen LogP contribution in [0.1, 0.15) is 36.8 Å². The molecule has 3 nitrogen and oxygen atoms in total. The van der Waals surface area contributed by atoms with Crippen molar-refractivity contribution in [2.45, 2.75) is 38.5 Å². The van der Waals surface area contributed by atoms with E-state index in [0.717, 1.165) is 0 Å². The second-order valence-electron chi connectivity index (χ2n) is 8.41. The fraction of sp³-hybridized carbons (Fsp3) is 0.500. The van der Waals surface area contributed by atoms with E-state index in [4.69, 9.17) is 0 Å². The molecule has 29 heavy (non-hydrogen) atoms. The maximum atomic E-state index is 3.58. The molecule has 5 heteroatoms. The minimum atomic E-state index is 0. The summed E-state index contributed by atoms with van der Waals surface area (Å²) in [5, 5.41) is 2.76. The average Bonchev–Trinajstić information content (AvgIpc) is 2.99. The first-order chi connectivity index (χ1) is 13.0. The SMILES string of the molecule is CN(C)CCCCc1ccc2[nH]c3ccc(CCCCN(C)C)cc3c2c1.Cl.Cl. The molecule has 0 aliphatic rings. The van der Waals surface area contributed by atoms with Crippen molar-refractivity contribution in [3.63, 3.8) is 0 Å². The van der Waals surface area contributed by atoms with Crippen LogP contribution in [0.2, 0.25) is 0 Å². The van der Waals surface area contributed by atoms with Gasteiger partial charge in [0, 0.05) is 21.8 Å². The number of unbranched alkanes of at least 4 members (excludes halogenated alkanes) is 2. The van der Waals surface area contributed by atoms with Crippen molar-refractivity contribution in [2.24, 2.45) is 0 Å². The summed E-state index contributed by atoms with van der Waals surface area (Å²) in [5.74, 6) is 0. The summed E-state index contributed by atoms with van der Waals surface area (Å²) in [6, 6.07) is 13.9. The van der Waals surface area contributed by atoms with Crippen LogP contribution in [-0.4, -0.2) is 56.1 Å². The number of aromatic nitrogens is 1. The number of halogens is 2. The number of nitrogens with zero attached hydrogens (tertiary/aromatic N) is 2. The second kappa shape index (κ2) is 12.4. The Morgan fingerprint density at radius 3 is 1.41 bits per heavy atom. The number of aryl methyl sites for hydroxylation is 2. The normalized spacial score (nSPS) is 11.2. The summed E-state index contributed by atoms with van der Waals surface area (Å²) >= 11 is 0. The fourth-order valence-electron chi connectivity index (χ4n) is 3.82. The molecule has 0 saturated carbocycles. The van der Waals surface area contributed by atoms with Crippen LogP contribution in [0.4, 0.5) is 0 Å².